The number of hydrogen-bond acceptors (Lipinski definition) is 4. The lowest BCUT2D eigenvalue weighted by molar-refractivity contribution is 0.111. The Labute approximate surface area is 243 Å². The van der Waals surface area contributed by atoms with Gasteiger partial charge in [-0.25, -0.2) is 4.98 Å². The van der Waals surface area contributed by atoms with Gasteiger partial charge < -0.3 is 4.74 Å². The smallest absolute Gasteiger partial charge is 0.224 e. The first-order valence-electron chi connectivity index (χ1n) is 12.9. The lowest BCUT2D eigenvalue weighted by atomic mass is 9.68. The minimum absolute atomic E-state index is 0.239. The summed E-state index contributed by atoms with van der Waals surface area (Å²) < 4.78 is 5.31. The van der Waals surface area contributed by atoms with Crippen LogP contribution in [-0.2, 0) is 11.8 Å². The highest BCUT2D eigenvalue weighted by molar-refractivity contribution is 6.36. The van der Waals surface area contributed by atoms with Crippen LogP contribution in [0, 0.1) is 0 Å². The monoisotopic (exact) mass is 567 g/mol. The van der Waals surface area contributed by atoms with E-state index in [0.29, 0.717) is 33.7 Å². The molecule has 40 heavy (non-hydrogen) atoms. The summed E-state index contributed by atoms with van der Waals surface area (Å²) in [7, 11) is 1.48. The normalized spacial score (nSPS) is 18.2. The van der Waals surface area contributed by atoms with Crippen LogP contribution in [0.1, 0.15) is 43.8 Å². The number of allylic oxidation sites excluding steroid dienone is 4. The highest BCUT2D eigenvalue weighted by atomic mass is 35.5. The average molecular weight is 569 g/mol. The minimum Gasteiger partial charge on any atom is -0.480 e. The van der Waals surface area contributed by atoms with Crippen molar-refractivity contribution in [1.82, 2.24) is 4.98 Å². The zero-order chi connectivity index (χ0) is 28.1. The summed E-state index contributed by atoms with van der Waals surface area (Å²) in [6, 6.07) is 27.1. The zero-order valence-electron chi connectivity index (χ0n) is 21.9. The van der Waals surface area contributed by atoms with Gasteiger partial charge in [-0.2, -0.15) is 0 Å². The van der Waals surface area contributed by atoms with E-state index in [1.807, 2.05) is 72.8 Å². The molecule has 1 heterocycles. The van der Waals surface area contributed by atoms with Gasteiger partial charge in [0.05, 0.1) is 28.8 Å². The maximum absolute atomic E-state index is 11.4. The Kier molecular flexibility index (Phi) is 8.29. The number of hydrogen-bond donors (Lipinski definition) is 0. The standard InChI is InChI=1S/C34H27Cl2NO3/c1-40-33-25(22-39)14-17-30(37-33)29-10-5-9-27(31(29)35)28-11-6-19-34(32(28)36,20-18-23-7-3-2-4-8-23)26-15-12-24(21-38)13-16-26/h2-17,19,21-22,32H,18,20H2,1H3. The number of aromatic nitrogens is 1. The van der Waals surface area contributed by atoms with Crippen molar-refractivity contribution < 1.29 is 14.3 Å². The molecule has 2 unspecified atom stereocenters. The lowest BCUT2D eigenvalue weighted by Crippen LogP contribution is -2.37. The number of methoxy groups -OCH3 is 1. The van der Waals surface area contributed by atoms with E-state index >= 15 is 0 Å². The first-order chi connectivity index (χ1) is 19.5. The third kappa shape index (κ3) is 5.25. The Morgan fingerprint density at radius 3 is 2.35 bits per heavy atom. The van der Waals surface area contributed by atoms with Crippen molar-refractivity contribution in [3.8, 4) is 17.1 Å². The molecular weight excluding hydrogens is 541 g/mol. The summed E-state index contributed by atoms with van der Waals surface area (Å²) in [5.41, 5.74) is 5.67. The lowest BCUT2D eigenvalue weighted by Gasteiger charge is -2.40. The van der Waals surface area contributed by atoms with Crippen molar-refractivity contribution in [3.63, 3.8) is 0 Å². The SMILES string of the molecule is COc1nc(-c2cccc(C3=CC=CC(CCc4ccccc4)(c4ccc(C=O)cc4)C3Cl)c2Cl)ccc1C=O. The van der Waals surface area contributed by atoms with Crippen LogP contribution in [0.2, 0.25) is 5.02 Å². The predicted octanol–water partition coefficient (Wildman–Crippen LogP) is 8.17. The molecule has 5 rings (SSSR count). The molecule has 0 bridgehead atoms. The van der Waals surface area contributed by atoms with E-state index in [4.69, 9.17) is 27.9 Å². The number of halogens is 2. The highest BCUT2D eigenvalue weighted by Crippen LogP contribution is 2.48. The highest BCUT2D eigenvalue weighted by Gasteiger charge is 2.41. The van der Waals surface area contributed by atoms with Crippen molar-refractivity contribution in [2.24, 2.45) is 0 Å². The maximum Gasteiger partial charge on any atom is 0.224 e. The van der Waals surface area contributed by atoms with E-state index in [-0.39, 0.29) is 5.88 Å². The first kappa shape index (κ1) is 27.6. The molecule has 1 aromatic heterocycles. The Morgan fingerprint density at radius 1 is 0.900 bits per heavy atom. The third-order valence-corrected chi connectivity index (χ3v) is 8.48. The Morgan fingerprint density at radius 2 is 1.65 bits per heavy atom. The second kappa shape index (κ2) is 12.0. The van der Waals surface area contributed by atoms with E-state index < -0.39 is 10.8 Å². The summed E-state index contributed by atoms with van der Waals surface area (Å²) in [6.45, 7) is 0. The number of benzene rings is 3. The quantitative estimate of drug-likeness (QED) is 0.151. The number of nitrogens with zero attached hydrogens (tertiary/aromatic N) is 1. The van der Waals surface area contributed by atoms with Crippen LogP contribution < -0.4 is 4.74 Å². The fourth-order valence-electron chi connectivity index (χ4n) is 5.27. The molecule has 4 aromatic rings. The van der Waals surface area contributed by atoms with Crippen molar-refractivity contribution in [1.29, 1.82) is 0 Å². The largest absolute Gasteiger partial charge is 0.480 e. The number of carbonyl (C=O) groups excluding carboxylic acids is 2. The van der Waals surface area contributed by atoms with E-state index in [0.717, 1.165) is 35.8 Å². The second-order valence-corrected chi connectivity index (χ2v) is 10.5. The molecule has 0 saturated carbocycles. The number of aryl methyl sites for hydroxylation is 1. The fourth-order valence-corrected chi connectivity index (χ4v) is 6.10. The Bertz CT molecular complexity index is 1600. The van der Waals surface area contributed by atoms with Gasteiger partial charge in [0, 0.05) is 16.5 Å². The van der Waals surface area contributed by atoms with Crippen molar-refractivity contribution >= 4 is 41.3 Å². The molecule has 6 heteroatoms. The third-order valence-electron chi connectivity index (χ3n) is 7.44. The van der Waals surface area contributed by atoms with Gasteiger partial charge in [0.25, 0.3) is 0 Å². The zero-order valence-corrected chi connectivity index (χ0v) is 23.4. The average Bonchev–Trinajstić information content (AvgIpc) is 3.01. The minimum atomic E-state index is -0.546. The molecule has 200 valence electrons. The molecule has 3 aromatic carbocycles. The predicted molar refractivity (Wildman–Crippen MR) is 162 cm³/mol. The Balaban J connectivity index is 1.57. The van der Waals surface area contributed by atoms with Gasteiger partial charge in [-0.3, -0.25) is 9.59 Å². The molecule has 0 N–H and O–H groups in total. The van der Waals surface area contributed by atoms with Crippen LogP contribution in [-0.4, -0.2) is 30.0 Å². The van der Waals surface area contributed by atoms with Crippen LogP contribution in [0.4, 0.5) is 0 Å². The van der Waals surface area contributed by atoms with Gasteiger partial charge in [-0.15, -0.1) is 11.6 Å². The van der Waals surface area contributed by atoms with Crippen LogP contribution in [0.25, 0.3) is 16.8 Å². The number of rotatable bonds is 9. The van der Waals surface area contributed by atoms with E-state index in [2.05, 4.69) is 23.2 Å². The van der Waals surface area contributed by atoms with Crippen LogP contribution >= 0.6 is 23.2 Å². The fraction of sp³-hybridized carbons (Fsp3) is 0.147. The number of alkyl halides is 1. The van der Waals surface area contributed by atoms with Crippen LogP contribution in [0.3, 0.4) is 0 Å². The number of carbonyl (C=O) groups is 2. The van der Waals surface area contributed by atoms with Crippen molar-refractivity contribution in [3.05, 3.63) is 136 Å². The molecule has 0 spiro atoms. The summed E-state index contributed by atoms with van der Waals surface area (Å²) in [4.78, 5) is 27.2. The summed E-state index contributed by atoms with van der Waals surface area (Å²) in [5.74, 6) is 0.239. The molecule has 0 amide bonds. The van der Waals surface area contributed by atoms with Crippen LogP contribution in [0.5, 0.6) is 5.88 Å². The van der Waals surface area contributed by atoms with Gasteiger partial charge in [-0.05, 0) is 47.2 Å². The first-order valence-corrected chi connectivity index (χ1v) is 13.7. The van der Waals surface area contributed by atoms with Gasteiger partial charge >= 0.3 is 0 Å². The van der Waals surface area contributed by atoms with Gasteiger partial charge in [0.15, 0.2) is 6.29 Å². The topological polar surface area (TPSA) is 56.3 Å². The summed E-state index contributed by atoms with van der Waals surface area (Å²) >= 11 is 14.5. The second-order valence-electron chi connectivity index (χ2n) is 9.69. The van der Waals surface area contributed by atoms with Gasteiger partial charge in [0.1, 0.15) is 6.29 Å². The van der Waals surface area contributed by atoms with Crippen LogP contribution in [0.15, 0.2) is 103 Å². The van der Waals surface area contributed by atoms with Crippen molar-refractivity contribution in [2.75, 3.05) is 7.11 Å². The molecule has 0 radical (unpaired) electrons. The molecule has 0 aliphatic heterocycles. The molecule has 4 nitrogen and oxygen atoms in total. The summed E-state index contributed by atoms with van der Waals surface area (Å²) in [6.07, 6.45) is 9.33. The van der Waals surface area contributed by atoms with Gasteiger partial charge in [-0.1, -0.05) is 103 Å². The number of ether oxygens (including phenoxy) is 1. The molecule has 2 atom stereocenters. The van der Waals surface area contributed by atoms with Crippen molar-refractivity contribution in [2.45, 2.75) is 23.6 Å². The molecule has 0 fully saturated rings. The van der Waals surface area contributed by atoms with Gasteiger partial charge in [0.2, 0.25) is 5.88 Å². The van der Waals surface area contributed by atoms with E-state index in [9.17, 15) is 9.59 Å². The number of aldehydes is 2. The summed E-state index contributed by atoms with van der Waals surface area (Å²) in [5, 5.41) is 0.0624. The molecule has 1 aliphatic carbocycles. The molecular formula is C34H27Cl2NO3. The maximum atomic E-state index is 11.4. The van der Waals surface area contributed by atoms with E-state index in [1.54, 1.807) is 12.1 Å². The van der Waals surface area contributed by atoms with E-state index in [1.165, 1.54) is 12.7 Å². The Hall–Kier alpha value is -3.99. The molecule has 0 saturated heterocycles. The number of pyridine rings is 1. The molecule has 1 aliphatic rings.